The van der Waals surface area contributed by atoms with Gasteiger partial charge in [0.05, 0.1) is 25.0 Å². The molecule has 0 aliphatic carbocycles. The number of hydrogen-bond donors (Lipinski definition) is 0. The fourth-order valence-electron chi connectivity index (χ4n) is 3.75. The highest BCUT2D eigenvalue weighted by Crippen LogP contribution is 2.36. The van der Waals surface area contributed by atoms with E-state index in [1.165, 1.54) is 16.4 Å². The molecule has 1 aromatic heterocycles. The highest BCUT2D eigenvalue weighted by Gasteiger charge is 2.34. The number of hydrogen-bond acceptors (Lipinski definition) is 6. The van der Waals surface area contributed by atoms with Crippen LogP contribution in [-0.2, 0) is 10.0 Å². The lowest BCUT2D eigenvalue weighted by molar-refractivity contribution is -0.385. The van der Waals surface area contributed by atoms with Crippen molar-refractivity contribution in [2.45, 2.75) is 37.5 Å². The quantitative estimate of drug-likeness (QED) is 0.451. The van der Waals surface area contributed by atoms with E-state index in [9.17, 15) is 18.5 Å². The molecular weight excluding hydrogens is 410 g/mol. The molecule has 0 radical (unpaired) electrons. The Morgan fingerprint density at radius 3 is 2.72 bits per heavy atom. The number of aryl methyl sites for hydroxylation is 1. The first-order chi connectivity index (χ1) is 13.8. The summed E-state index contributed by atoms with van der Waals surface area (Å²) < 4.78 is 29.3. The molecule has 0 amide bonds. The Labute approximate surface area is 173 Å². The Hall–Kier alpha value is -2.36. The molecular formula is C20H21N3O4S2. The first-order valence-electron chi connectivity index (χ1n) is 9.38. The molecule has 9 heteroatoms. The van der Waals surface area contributed by atoms with E-state index in [4.69, 9.17) is 4.98 Å². The van der Waals surface area contributed by atoms with Gasteiger partial charge in [-0.2, -0.15) is 4.31 Å². The van der Waals surface area contributed by atoms with Gasteiger partial charge in [0.1, 0.15) is 0 Å². The van der Waals surface area contributed by atoms with Gasteiger partial charge in [0.15, 0.2) is 0 Å². The van der Waals surface area contributed by atoms with Crippen LogP contribution in [0.2, 0.25) is 0 Å². The van der Waals surface area contributed by atoms with Crippen LogP contribution < -0.4 is 0 Å². The molecule has 4 rings (SSSR count). The first kappa shape index (κ1) is 19.9. The van der Waals surface area contributed by atoms with Gasteiger partial charge in [0.25, 0.3) is 5.69 Å². The maximum Gasteiger partial charge on any atom is 0.271 e. The van der Waals surface area contributed by atoms with Crippen molar-refractivity contribution in [3.63, 3.8) is 0 Å². The Morgan fingerprint density at radius 2 is 2.00 bits per heavy atom. The molecule has 152 valence electrons. The number of non-ortho nitro benzene ring substituents is 1. The molecule has 29 heavy (non-hydrogen) atoms. The highest BCUT2D eigenvalue weighted by molar-refractivity contribution is 7.89. The summed E-state index contributed by atoms with van der Waals surface area (Å²) in [5.41, 5.74) is 1.87. The van der Waals surface area contributed by atoms with Crippen molar-refractivity contribution in [1.82, 2.24) is 9.29 Å². The predicted molar refractivity (Wildman–Crippen MR) is 113 cm³/mol. The van der Waals surface area contributed by atoms with Crippen LogP contribution in [0.1, 0.15) is 34.9 Å². The van der Waals surface area contributed by atoms with Crippen LogP contribution in [0.4, 0.5) is 5.69 Å². The predicted octanol–water partition coefficient (Wildman–Crippen LogP) is 4.39. The number of fused-ring (bicyclic) bond motifs is 1. The first-order valence-corrected chi connectivity index (χ1v) is 11.6. The Morgan fingerprint density at radius 1 is 1.24 bits per heavy atom. The zero-order valence-electron chi connectivity index (χ0n) is 16.2. The van der Waals surface area contributed by atoms with Crippen molar-refractivity contribution in [3.05, 3.63) is 62.6 Å². The number of rotatable bonds is 4. The summed E-state index contributed by atoms with van der Waals surface area (Å²) in [6.45, 7) is 4.14. The summed E-state index contributed by atoms with van der Waals surface area (Å²) in [4.78, 5) is 15.4. The molecule has 7 nitrogen and oxygen atoms in total. The van der Waals surface area contributed by atoms with Gasteiger partial charge in [-0.15, -0.1) is 11.3 Å². The number of aromatic nitrogens is 1. The Bertz CT molecular complexity index is 1170. The van der Waals surface area contributed by atoms with Crippen molar-refractivity contribution < 1.29 is 13.3 Å². The number of nitro groups is 1. The topological polar surface area (TPSA) is 93.4 Å². The number of thiazole rings is 1. The Kier molecular flexibility index (Phi) is 5.14. The van der Waals surface area contributed by atoms with Crippen LogP contribution >= 0.6 is 11.3 Å². The third kappa shape index (κ3) is 3.65. The summed E-state index contributed by atoms with van der Waals surface area (Å²) in [6, 6.07) is 10.5. The number of nitro benzene ring substituents is 1. The molecule has 1 fully saturated rings. The molecule has 1 atom stereocenters. The maximum absolute atomic E-state index is 13.4. The molecule has 0 bridgehead atoms. The third-order valence-corrected chi connectivity index (χ3v) is 8.67. The molecule has 0 spiro atoms. The summed E-state index contributed by atoms with van der Waals surface area (Å²) in [5, 5.41) is 12.2. The Balaban J connectivity index is 1.68. The lowest BCUT2D eigenvalue weighted by Crippen LogP contribution is -2.39. The van der Waals surface area contributed by atoms with E-state index in [-0.39, 0.29) is 16.5 Å². The van der Waals surface area contributed by atoms with Crippen molar-refractivity contribution in [2.75, 3.05) is 13.1 Å². The smallest absolute Gasteiger partial charge is 0.258 e. The van der Waals surface area contributed by atoms with Gasteiger partial charge in [-0.3, -0.25) is 10.1 Å². The number of sulfonamides is 1. The molecule has 1 aliphatic rings. The highest BCUT2D eigenvalue weighted by atomic mass is 32.2. The van der Waals surface area contributed by atoms with E-state index in [1.54, 1.807) is 25.2 Å². The monoisotopic (exact) mass is 431 g/mol. The van der Waals surface area contributed by atoms with Crippen molar-refractivity contribution >= 4 is 37.3 Å². The minimum atomic E-state index is -3.84. The largest absolute Gasteiger partial charge is 0.271 e. The van der Waals surface area contributed by atoms with Crippen molar-refractivity contribution in [2.24, 2.45) is 0 Å². The van der Waals surface area contributed by atoms with Gasteiger partial charge < -0.3 is 0 Å². The second-order valence-corrected chi connectivity index (χ2v) is 10.3. The lowest BCUT2D eigenvalue weighted by atomic mass is 10.0. The molecule has 0 N–H and O–H groups in total. The maximum atomic E-state index is 13.4. The number of piperidine rings is 1. The second kappa shape index (κ2) is 7.47. The van der Waals surface area contributed by atoms with Crippen LogP contribution in [0.3, 0.4) is 0 Å². The molecule has 2 heterocycles. The van der Waals surface area contributed by atoms with E-state index in [0.29, 0.717) is 24.2 Å². The van der Waals surface area contributed by atoms with E-state index in [1.807, 2.05) is 24.3 Å². The zero-order chi connectivity index (χ0) is 20.8. The van der Waals surface area contributed by atoms with Crippen LogP contribution in [0.25, 0.3) is 10.2 Å². The molecule has 0 saturated carbocycles. The normalized spacial score (nSPS) is 18.2. The molecule has 2 aromatic carbocycles. The SMILES string of the molecule is Cc1cc([N+](=O)[O-])cc(S(=O)(=O)N2CCC[C@@H](c3nc4ccccc4s3)C2)c1C. The van der Waals surface area contributed by atoms with Gasteiger partial charge >= 0.3 is 0 Å². The summed E-state index contributed by atoms with van der Waals surface area (Å²) in [5.74, 6) is 0.0241. The average molecular weight is 432 g/mol. The summed E-state index contributed by atoms with van der Waals surface area (Å²) in [7, 11) is -3.84. The zero-order valence-corrected chi connectivity index (χ0v) is 17.8. The number of nitrogens with zero attached hydrogens (tertiary/aromatic N) is 3. The van der Waals surface area contributed by atoms with E-state index >= 15 is 0 Å². The van der Waals surface area contributed by atoms with E-state index in [2.05, 4.69) is 0 Å². The second-order valence-electron chi connectivity index (χ2n) is 7.36. The standard InChI is InChI=1S/C20H21N3O4S2/c1-13-10-16(23(24)25)11-19(14(13)2)29(26,27)22-9-5-6-15(12-22)20-21-17-7-3-4-8-18(17)28-20/h3-4,7-8,10-11,15H,5-6,9,12H2,1-2H3/t15-/m1/s1. The summed E-state index contributed by atoms with van der Waals surface area (Å²) in [6.07, 6.45) is 1.60. The van der Waals surface area contributed by atoms with Crippen LogP contribution in [0.15, 0.2) is 41.3 Å². The van der Waals surface area contributed by atoms with Gasteiger partial charge in [-0.1, -0.05) is 12.1 Å². The number of para-hydroxylation sites is 1. The van der Waals surface area contributed by atoms with Crippen LogP contribution in [0.5, 0.6) is 0 Å². The van der Waals surface area contributed by atoms with Gasteiger partial charge in [0, 0.05) is 31.1 Å². The minimum absolute atomic E-state index is 0.0224. The molecule has 1 aliphatic heterocycles. The lowest BCUT2D eigenvalue weighted by Gasteiger charge is -2.31. The van der Waals surface area contributed by atoms with Gasteiger partial charge in [-0.25, -0.2) is 13.4 Å². The van der Waals surface area contributed by atoms with E-state index in [0.717, 1.165) is 28.1 Å². The average Bonchev–Trinajstić information content (AvgIpc) is 3.14. The van der Waals surface area contributed by atoms with Crippen LogP contribution in [0, 0.1) is 24.0 Å². The van der Waals surface area contributed by atoms with Crippen molar-refractivity contribution in [1.29, 1.82) is 0 Å². The number of benzene rings is 2. The molecule has 0 unspecified atom stereocenters. The summed E-state index contributed by atoms with van der Waals surface area (Å²) >= 11 is 1.60. The minimum Gasteiger partial charge on any atom is -0.258 e. The molecule has 3 aromatic rings. The fourth-order valence-corrected chi connectivity index (χ4v) is 6.68. The molecule has 1 saturated heterocycles. The fraction of sp³-hybridized carbons (Fsp3) is 0.350. The van der Waals surface area contributed by atoms with Crippen molar-refractivity contribution in [3.8, 4) is 0 Å². The van der Waals surface area contributed by atoms with Crippen LogP contribution in [-0.4, -0.2) is 35.7 Å². The van der Waals surface area contributed by atoms with E-state index < -0.39 is 14.9 Å². The van der Waals surface area contributed by atoms with Gasteiger partial charge in [0.2, 0.25) is 10.0 Å². The van der Waals surface area contributed by atoms with Gasteiger partial charge in [-0.05, 0) is 49.9 Å². The third-order valence-electron chi connectivity index (χ3n) is 5.48.